The average Bonchev–Trinajstić information content (AvgIpc) is 3.53. The van der Waals surface area contributed by atoms with Gasteiger partial charge in [-0.05, 0) is 42.5 Å². The summed E-state index contributed by atoms with van der Waals surface area (Å²) in [5.74, 6) is 1.78. The molecule has 0 radical (unpaired) electrons. The summed E-state index contributed by atoms with van der Waals surface area (Å²) < 4.78 is 48.5. The maximum atomic E-state index is 13.3. The molecule has 9 nitrogen and oxygen atoms in total. The van der Waals surface area contributed by atoms with Gasteiger partial charge >= 0.3 is 6.18 Å². The van der Waals surface area contributed by atoms with Crippen molar-refractivity contribution >= 4 is 5.52 Å². The van der Waals surface area contributed by atoms with Crippen molar-refractivity contribution in [2.45, 2.75) is 51.1 Å². The van der Waals surface area contributed by atoms with Gasteiger partial charge in [0.1, 0.15) is 23.2 Å². The van der Waals surface area contributed by atoms with E-state index in [2.05, 4.69) is 25.0 Å². The quantitative estimate of drug-likeness (QED) is 0.276. The molecular formula is C27H25F3N8O. The molecule has 5 aromatic rings. The van der Waals surface area contributed by atoms with Crippen LogP contribution in [0.25, 0.3) is 22.6 Å². The van der Waals surface area contributed by atoms with Gasteiger partial charge < -0.3 is 4.74 Å². The van der Waals surface area contributed by atoms with Crippen LogP contribution in [0.2, 0.25) is 0 Å². The summed E-state index contributed by atoms with van der Waals surface area (Å²) in [5.41, 5.74) is 3.36. The third kappa shape index (κ3) is 4.70. The fourth-order valence-corrected chi connectivity index (χ4v) is 4.59. The van der Waals surface area contributed by atoms with Crippen molar-refractivity contribution in [3.05, 3.63) is 77.5 Å². The first kappa shape index (κ1) is 25.0. The Morgan fingerprint density at radius 1 is 1.00 bits per heavy atom. The van der Waals surface area contributed by atoms with Gasteiger partial charge in [-0.3, -0.25) is 0 Å². The van der Waals surface area contributed by atoms with Crippen LogP contribution in [0.1, 0.15) is 67.0 Å². The largest absolute Gasteiger partial charge is 0.480 e. The van der Waals surface area contributed by atoms with Crippen molar-refractivity contribution in [3.8, 4) is 23.0 Å². The first-order valence-electron chi connectivity index (χ1n) is 12.6. The standard InChI is InChI=1S/C27H25F3N8O/c1-15(2)20-11-21(27(28,29)30)35-37(20)18-8-4-16(5-9-18)10-22-31-12-19-13-32-25(36-38(19)22)23-24(17-6-7-17)33-14-34-26(23)39-3/h4-5,8-9,11-15,17H,6-7,10H2,1-3H3. The highest BCUT2D eigenvalue weighted by atomic mass is 19.4. The van der Waals surface area contributed by atoms with E-state index >= 15 is 0 Å². The molecule has 0 N–H and O–H groups in total. The highest BCUT2D eigenvalue weighted by molar-refractivity contribution is 5.66. The minimum absolute atomic E-state index is 0.132. The second-order valence-electron chi connectivity index (χ2n) is 9.87. The van der Waals surface area contributed by atoms with E-state index in [9.17, 15) is 13.2 Å². The number of aromatic nitrogens is 8. The number of hydrogen-bond acceptors (Lipinski definition) is 7. The highest BCUT2D eigenvalue weighted by Crippen LogP contribution is 2.44. The van der Waals surface area contributed by atoms with Gasteiger partial charge in [0.25, 0.3) is 0 Å². The normalized spacial score (nSPS) is 13.9. The van der Waals surface area contributed by atoms with E-state index < -0.39 is 11.9 Å². The van der Waals surface area contributed by atoms with Crippen LogP contribution >= 0.6 is 0 Å². The number of fused-ring (bicyclic) bond motifs is 1. The summed E-state index contributed by atoms with van der Waals surface area (Å²) in [6.45, 7) is 3.68. The lowest BCUT2D eigenvalue weighted by Gasteiger charge is -2.11. The second-order valence-corrected chi connectivity index (χ2v) is 9.87. The molecular weight excluding hydrogens is 509 g/mol. The molecule has 4 heterocycles. The molecule has 0 spiro atoms. The van der Waals surface area contributed by atoms with Crippen LogP contribution in [-0.2, 0) is 12.6 Å². The van der Waals surface area contributed by atoms with Gasteiger partial charge in [-0.1, -0.05) is 26.0 Å². The minimum atomic E-state index is -4.51. The van der Waals surface area contributed by atoms with Crippen LogP contribution in [0.4, 0.5) is 13.2 Å². The smallest absolute Gasteiger partial charge is 0.435 e. The molecule has 0 unspecified atom stereocenters. The molecule has 6 rings (SSSR count). The Balaban J connectivity index is 1.32. The van der Waals surface area contributed by atoms with Crippen molar-refractivity contribution in [2.24, 2.45) is 0 Å². The van der Waals surface area contributed by atoms with Crippen molar-refractivity contribution < 1.29 is 17.9 Å². The zero-order chi connectivity index (χ0) is 27.3. The van der Waals surface area contributed by atoms with Gasteiger partial charge in [-0.25, -0.2) is 29.1 Å². The molecule has 200 valence electrons. The number of imidazole rings is 1. The zero-order valence-corrected chi connectivity index (χ0v) is 21.5. The molecule has 1 aliphatic rings. The molecule has 0 aliphatic heterocycles. The van der Waals surface area contributed by atoms with Crippen molar-refractivity contribution in [2.75, 3.05) is 7.11 Å². The van der Waals surface area contributed by atoms with E-state index in [0.717, 1.165) is 35.7 Å². The van der Waals surface area contributed by atoms with E-state index in [1.807, 2.05) is 26.0 Å². The monoisotopic (exact) mass is 534 g/mol. The van der Waals surface area contributed by atoms with E-state index in [1.165, 1.54) is 11.0 Å². The van der Waals surface area contributed by atoms with Crippen molar-refractivity contribution in [3.63, 3.8) is 0 Å². The molecule has 0 bridgehead atoms. The van der Waals surface area contributed by atoms with Gasteiger partial charge in [0.2, 0.25) is 5.88 Å². The Labute approximate surface area is 221 Å². The SMILES string of the molecule is COc1ncnc(C2CC2)c1-c1ncc2cnc(Cc3ccc(-n4nc(C(F)(F)F)cc4C(C)C)cc3)n2n1. The molecule has 1 aliphatic carbocycles. The Morgan fingerprint density at radius 2 is 1.74 bits per heavy atom. The topological polar surface area (TPSA) is 95.9 Å². The lowest BCUT2D eigenvalue weighted by atomic mass is 10.1. The maximum absolute atomic E-state index is 13.3. The lowest BCUT2D eigenvalue weighted by Crippen LogP contribution is -2.08. The van der Waals surface area contributed by atoms with E-state index in [-0.39, 0.29) is 5.92 Å². The van der Waals surface area contributed by atoms with Crippen LogP contribution in [0.3, 0.4) is 0 Å². The maximum Gasteiger partial charge on any atom is 0.435 e. The van der Waals surface area contributed by atoms with Gasteiger partial charge in [-0.2, -0.15) is 18.3 Å². The Kier molecular flexibility index (Phi) is 6.04. The predicted molar refractivity (Wildman–Crippen MR) is 136 cm³/mol. The molecule has 1 aromatic carbocycles. The Bertz CT molecular complexity index is 1650. The number of nitrogens with zero attached hydrogens (tertiary/aromatic N) is 8. The molecule has 0 saturated heterocycles. The number of ether oxygens (including phenoxy) is 1. The van der Waals surface area contributed by atoms with Gasteiger partial charge in [0.15, 0.2) is 11.5 Å². The van der Waals surface area contributed by atoms with Crippen molar-refractivity contribution in [1.82, 2.24) is 39.3 Å². The predicted octanol–water partition coefficient (Wildman–Crippen LogP) is 5.39. The van der Waals surface area contributed by atoms with E-state index in [4.69, 9.17) is 9.84 Å². The summed E-state index contributed by atoms with van der Waals surface area (Å²) in [6, 6.07) is 8.35. The van der Waals surface area contributed by atoms with Crippen LogP contribution in [0, 0.1) is 0 Å². The van der Waals surface area contributed by atoms with Crippen LogP contribution in [0.15, 0.2) is 49.1 Å². The van der Waals surface area contributed by atoms with Gasteiger partial charge in [0, 0.05) is 18.0 Å². The number of rotatable bonds is 7. The van der Waals surface area contributed by atoms with Gasteiger partial charge in [0.05, 0.1) is 30.9 Å². The van der Waals surface area contributed by atoms with Gasteiger partial charge in [-0.15, -0.1) is 5.10 Å². The van der Waals surface area contributed by atoms with E-state index in [0.29, 0.717) is 46.8 Å². The summed E-state index contributed by atoms with van der Waals surface area (Å²) >= 11 is 0. The fourth-order valence-electron chi connectivity index (χ4n) is 4.59. The number of hydrogen-bond donors (Lipinski definition) is 0. The zero-order valence-electron chi connectivity index (χ0n) is 21.5. The summed E-state index contributed by atoms with van der Waals surface area (Å²) in [6.07, 6.45) is 2.95. The number of benzene rings is 1. The second kappa shape index (κ2) is 9.44. The van der Waals surface area contributed by atoms with Crippen LogP contribution in [0.5, 0.6) is 5.88 Å². The Morgan fingerprint density at radius 3 is 2.41 bits per heavy atom. The summed E-state index contributed by atoms with van der Waals surface area (Å²) in [5, 5.41) is 8.60. The number of methoxy groups -OCH3 is 1. The van der Waals surface area contributed by atoms with E-state index in [1.54, 1.807) is 36.2 Å². The molecule has 39 heavy (non-hydrogen) atoms. The van der Waals surface area contributed by atoms with Crippen LogP contribution in [-0.4, -0.2) is 46.4 Å². The number of alkyl halides is 3. The first-order chi connectivity index (χ1) is 18.7. The highest BCUT2D eigenvalue weighted by Gasteiger charge is 2.35. The molecule has 0 atom stereocenters. The molecule has 4 aromatic heterocycles. The van der Waals surface area contributed by atoms with Crippen molar-refractivity contribution in [1.29, 1.82) is 0 Å². The lowest BCUT2D eigenvalue weighted by molar-refractivity contribution is -0.141. The summed E-state index contributed by atoms with van der Waals surface area (Å²) in [7, 11) is 1.56. The third-order valence-corrected chi connectivity index (χ3v) is 6.73. The summed E-state index contributed by atoms with van der Waals surface area (Å²) in [4.78, 5) is 17.8. The minimum Gasteiger partial charge on any atom is -0.480 e. The van der Waals surface area contributed by atoms with Crippen LogP contribution < -0.4 is 4.74 Å². The fraction of sp³-hybridized carbons (Fsp3) is 0.333. The third-order valence-electron chi connectivity index (χ3n) is 6.73. The average molecular weight is 535 g/mol. The molecule has 0 amide bonds. The Hall–Kier alpha value is -4.35. The number of halogens is 3. The molecule has 1 saturated carbocycles. The molecule has 1 fully saturated rings. The molecule has 12 heteroatoms. The first-order valence-corrected chi connectivity index (χ1v) is 12.6.